The molecule has 0 spiro atoms. The van der Waals surface area contributed by atoms with E-state index in [9.17, 15) is 0 Å². The number of pyridine rings is 2. The van der Waals surface area contributed by atoms with Crippen molar-refractivity contribution >= 4 is 0 Å². The average Bonchev–Trinajstić information content (AvgIpc) is 2.70. The SMILES string of the molecule is C#CCC(c1ccc(C(CC#C)[n+]2cccc(C)c2)cc1)[n+]1cccc(C)c1.[Br-].[Br-]. The zero-order valence-corrected chi connectivity index (χ0v) is 20.5. The van der Waals surface area contributed by atoms with Crippen molar-refractivity contribution in [1.82, 2.24) is 0 Å². The number of aromatic nitrogens is 2. The van der Waals surface area contributed by atoms with Crippen LogP contribution in [0.4, 0.5) is 0 Å². The molecule has 2 aromatic heterocycles. The summed E-state index contributed by atoms with van der Waals surface area (Å²) in [5.41, 5.74) is 4.83. The first kappa shape index (κ1) is 25.6. The fourth-order valence-corrected chi connectivity index (χ4v) is 3.57. The maximum absolute atomic E-state index is 5.66. The number of nitrogens with zero attached hydrogens (tertiary/aromatic N) is 2. The van der Waals surface area contributed by atoms with Crippen molar-refractivity contribution in [2.75, 3.05) is 0 Å². The van der Waals surface area contributed by atoms with Gasteiger partial charge in [-0.1, -0.05) is 36.1 Å². The molecule has 2 unspecified atom stereocenters. The van der Waals surface area contributed by atoms with Gasteiger partial charge in [-0.3, -0.25) is 0 Å². The zero-order chi connectivity index (χ0) is 19.9. The van der Waals surface area contributed by atoms with Gasteiger partial charge < -0.3 is 34.0 Å². The molecular weight excluding hydrogens is 500 g/mol. The molecule has 2 nitrogen and oxygen atoms in total. The van der Waals surface area contributed by atoms with Crippen LogP contribution >= 0.6 is 0 Å². The third-order valence-corrected chi connectivity index (χ3v) is 4.99. The van der Waals surface area contributed by atoms with Gasteiger partial charge in [-0.15, -0.1) is 12.8 Å². The summed E-state index contributed by atoms with van der Waals surface area (Å²) >= 11 is 0. The van der Waals surface area contributed by atoms with E-state index in [-0.39, 0.29) is 46.0 Å². The Kier molecular flexibility index (Phi) is 10.5. The van der Waals surface area contributed by atoms with E-state index in [4.69, 9.17) is 12.8 Å². The van der Waals surface area contributed by atoms with Gasteiger partial charge in [0.25, 0.3) is 0 Å². The highest BCUT2D eigenvalue weighted by molar-refractivity contribution is 5.27. The molecule has 1 aromatic carbocycles. The lowest BCUT2D eigenvalue weighted by Crippen LogP contribution is -3.00. The van der Waals surface area contributed by atoms with Crippen LogP contribution in [0, 0.1) is 38.5 Å². The predicted molar refractivity (Wildman–Crippen MR) is 112 cm³/mol. The molecule has 0 saturated heterocycles. The van der Waals surface area contributed by atoms with Gasteiger partial charge in [-0.05, 0) is 26.0 Å². The molecule has 154 valence electrons. The molecule has 0 fully saturated rings. The van der Waals surface area contributed by atoms with E-state index in [0.29, 0.717) is 12.8 Å². The minimum Gasteiger partial charge on any atom is -1.00 e. The quantitative estimate of drug-likeness (QED) is 0.263. The van der Waals surface area contributed by atoms with Crippen LogP contribution in [-0.2, 0) is 0 Å². The summed E-state index contributed by atoms with van der Waals surface area (Å²) in [6, 6.07) is 17.2. The Balaban J connectivity index is 0.00000225. The topological polar surface area (TPSA) is 7.76 Å². The summed E-state index contributed by atoms with van der Waals surface area (Å²) in [5.74, 6) is 5.65. The Morgan fingerprint density at radius 1 is 0.700 bits per heavy atom. The monoisotopic (exact) mass is 524 g/mol. The van der Waals surface area contributed by atoms with Crippen LogP contribution in [-0.4, -0.2) is 0 Å². The maximum atomic E-state index is 5.66. The highest BCUT2D eigenvalue weighted by Crippen LogP contribution is 2.21. The second kappa shape index (κ2) is 12.3. The summed E-state index contributed by atoms with van der Waals surface area (Å²) in [6.45, 7) is 4.19. The van der Waals surface area contributed by atoms with E-state index in [2.05, 4.69) is 108 Å². The number of hydrogen-bond donors (Lipinski definition) is 0. The lowest BCUT2D eigenvalue weighted by atomic mass is 9.97. The predicted octanol–water partition coefficient (Wildman–Crippen LogP) is -1.89. The van der Waals surface area contributed by atoms with Gasteiger partial charge >= 0.3 is 0 Å². The molecule has 0 amide bonds. The van der Waals surface area contributed by atoms with Gasteiger partial charge in [0.05, 0.1) is 12.8 Å². The third kappa shape index (κ3) is 6.30. The number of halogens is 2. The smallest absolute Gasteiger partial charge is 0.194 e. The van der Waals surface area contributed by atoms with Crippen molar-refractivity contribution in [2.24, 2.45) is 0 Å². The fourth-order valence-electron chi connectivity index (χ4n) is 3.57. The van der Waals surface area contributed by atoms with Gasteiger partial charge in [-0.25, -0.2) is 0 Å². The van der Waals surface area contributed by atoms with E-state index in [0.717, 1.165) is 0 Å². The van der Waals surface area contributed by atoms with Crippen molar-refractivity contribution in [3.05, 3.63) is 95.6 Å². The summed E-state index contributed by atoms with van der Waals surface area (Å²) < 4.78 is 4.39. The number of terminal acetylenes is 2. The number of rotatable bonds is 6. The summed E-state index contributed by atoms with van der Waals surface area (Å²) in [4.78, 5) is 0. The van der Waals surface area contributed by atoms with Crippen molar-refractivity contribution in [3.8, 4) is 24.7 Å². The molecule has 2 heterocycles. The molecule has 0 aliphatic carbocycles. The highest BCUT2D eigenvalue weighted by atomic mass is 79.9. The van der Waals surface area contributed by atoms with Crippen LogP contribution in [0.1, 0.15) is 47.2 Å². The molecule has 30 heavy (non-hydrogen) atoms. The Labute approximate surface area is 201 Å². The summed E-state index contributed by atoms with van der Waals surface area (Å²) in [5, 5.41) is 0. The second-order valence-corrected chi connectivity index (χ2v) is 7.17. The maximum Gasteiger partial charge on any atom is 0.194 e. The third-order valence-electron chi connectivity index (χ3n) is 4.99. The Bertz CT molecular complexity index is 945. The largest absolute Gasteiger partial charge is 1.00 e. The fraction of sp³-hybridized carbons (Fsp3) is 0.231. The molecule has 3 rings (SSSR count). The zero-order valence-electron chi connectivity index (χ0n) is 17.3. The van der Waals surface area contributed by atoms with Crippen molar-refractivity contribution < 1.29 is 43.1 Å². The first-order valence-electron chi connectivity index (χ1n) is 9.54. The minimum atomic E-state index is 0. The number of hydrogen-bond acceptors (Lipinski definition) is 0. The Morgan fingerprint density at radius 2 is 1.07 bits per heavy atom. The van der Waals surface area contributed by atoms with Gasteiger partial charge in [0.2, 0.25) is 0 Å². The molecule has 3 aromatic rings. The minimum absolute atomic E-state index is 0. The van der Waals surface area contributed by atoms with Crippen LogP contribution in [0.25, 0.3) is 0 Å². The lowest BCUT2D eigenvalue weighted by molar-refractivity contribution is -0.713. The lowest BCUT2D eigenvalue weighted by Gasteiger charge is -2.14. The normalized spacial score (nSPS) is 11.7. The van der Waals surface area contributed by atoms with Gasteiger partial charge in [0.15, 0.2) is 36.9 Å². The molecule has 0 N–H and O–H groups in total. The standard InChI is InChI=1S/C26H26N2.2BrH/c1-5-9-25(27-17-7-11-21(3)19-27)23-13-15-24(16-14-23)26(10-6-2)28-18-8-12-22(4)20-28;;/h1-2,7-8,11-20,25-26H,9-10H2,3-4H3;2*1H/q+2;;/p-2. The first-order valence-corrected chi connectivity index (χ1v) is 9.54. The van der Waals surface area contributed by atoms with Crippen molar-refractivity contribution in [3.63, 3.8) is 0 Å². The van der Waals surface area contributed by atoms with Crippen LogP contribution in [0.15, 0.2) is 73.3 Å². The van der Waals surface area contributed by atoms with E-state index >= 15 is 0 Å². The van der Waals surface area contributed by atoms with Crippen LogP contribution in [0.3, 0.4) is 0 Å². The molecule has 0 aliphatic rings. The summed E-state index contributed by atoms with van der Waals surface area (Å²) in [6.07, 6.45) is 21.0. The molecule has 0 radical (unpaired) electrons. The van der Waals surface area contributed by atoms with E-state index < -0.39 is 0 Å². The van der Waals surface area contributed by atoms with Crippen molar-refractivity contribution in [2.45, 2.75) is 38.8 Å². The molecule has 4 heteroatoms. The second-order valence-electron chi connectivity index (χ2n) is 7.17. The van der Waals surface area contributed by atoms with Crippen molar-refractivity contribution in [1.29, 1.82) is 0 Å². The molecule has 0 saturated carbocycles. The average molecular weight is 526 g/mol. The molecular formula is C26H26Br2N2. The van der Waals surface area contributed by atoms with E-state index in [1.54, 1.807) is 0 Å². The van der Waals surface area contributed by atoms with Gasteiger partial charge in [0.1, 0.15) is 0 Å². The molecule has 0 aliphatic heterocycles. The Hall–Kier alpha value is -2.40. The first-order chi connectivity index (χ1) is 13.6. The highest BCUT2D eigenvalue weighted by Gasteiger charge is 2.23. The number of aryl methyl sites for hydroxylation is 2. The van der Waals surface area contributed by atoms with E-state index in [1.165, 1.54) is 22.3 Å². The Morgan fingerprint density at radius 3 is 1.37 bits per heavy atom. The van der Waals surface area contributed by atoms with Crippen LogP contribution < -0.4 is 43.1 Å². The van der Waals surface area contributed by atoms with Gasteiger partial charge in [0, 0.05) is 34.4 Å². The molecule has 0 bridgehead atoms. The van der Waals surface area contributed by atoms with E-state index in [1.807, 2.05) is 0 Å². The van der Waals surface area contributed by atoms with Gasteiger partial charge in [-0.2, -0.15) is 9.13 Å². The van der Waals surface area contributed by atoms with Crippen LogP contribution in [0.2, 0.25) is 0 Å². The molecule has 2 atom stereocenters. The van der Waals surface area contributed by atoms with Crippen LogP contribution in [0.5, 0.6) is 0 Å². The summed E-state index contributed by atoms with van der Waals surface area (Å²) in [7, 11) is 0. The number of benzene rings is 1.